The number of nitriles is 1. The minimum absolute atomic E-state index is 0.00622. The highest BCUT2D eigenvalue weighted by Crippen LogP contribution is 2.59. The summed E-state index contributed by atoms with van der Waals surface area (Å²) in [6.45, 7) is 7.11. The van der Waals surface area contributed by atoms with E-state index in [1.165, 1.54) is 6.92 Å². The molecule has 12 heteroatoms. The third-order valence-corrected chi connectivity index (χ3v) is 12.0. The number of ether oxygens (including phenoxy) is 5. The Balaban J connectivity index is 1.51. The van der Waals surface area contributed by atoms with Gasteiger partial charge in [0.15, 0.2) is 23.0 Å². The molecule has 0 aromatic heterocycles. The van der Waals surface area contributed by atoms with Crippen molar-refractivity contribution in [1.29, 1.82) is 5.26 Å². The second kappa shape index (κ2) is 10.6. The second-order valence-electron chi connectivity index (χ2n) is 12.6. The SMILES string of the molecule is COc1c(C)cc2c(c1O)[C@H]1C3[C@@H]4SCC(C)C(=O)OC[C@H](C5=C6OCOC6=C(C)C(OC(C)=O)C54)N3C(C#N)[C@H](C2)N1C. The number of piperidine rings is 1. The predicted octanol–water partition coefficient (Wildman–Crippen LogP) is 2.95. The number of piperazine rings is 1. The molecule has 4 bridgehead atoms. The van der Waals surface area contributed by atoms with Crippen LogP contribution in [0.1, 0.15) is 43.5 Å². The summed E-state index contributed by atoms with van der Waals surface area (Å²) in [5.74, 6) is 0.690. The van der Waals surface area contributed by atoms with Crippen LogP contribution in [0.4, 0.5) is 0 Å². The number of hydrogen-bond donors (Lipinski definition) is 1. The molecule has 6 aliphatic rings. The molecule has 0 radical (unpaired) electrons. The van der Waals surface area contributed by atoms with Crippen LogP contribution in [0.5, 0.6) is 11.5 Å². The molecule has 5 unspecified atom stereocenters. The van der Waals surface area contributed by atoms with Gasteiger partial charge >= 0.3 is 11.9 Å². The van der Waals surface area contributed by atoms with Crippen LogP contribution in [-0.2, 0) is 35.0 Å². The number of phenols is 1. The van der Waals surface area contributed by atoms with Crippen molar-refractivity contribution in [2.75, 3.05) is 33.3 Å². The number of rotatable bonds is 2. The Morgan fingerprint density at radius 2 is 1.98 bits per heavy atom. The standard InChI is InChI=1S/C32H37N3O8S/c1-13-7-17-8-18-19(9-33)35-20-10-40-32(38)14(2)11-44-31(25(35)24(34(18)5)21(17)26(37)27(13)39-6)23-22(20)30-29(41-12-42-30)15(3)28(23)43-16(4)36/h7,14,18-20,23-25,28,31,37H,8,10-12H2,1-6H3/t14?,18-,19?,20+,23?,24-,25?,28?,31+/m0/s1. The van der Waals surface area contributed by atoms with Crippen LogP contribution < -0.4 is 4.74 Å². The normalized spacial score (nSPS) is 36.1. The molecule has 4 saturated heterocycles. The zero-order valence-electron chi connectivity index (χ0n) is 25.7. The number of cyclic esters (lactones) is 1. The number of phenolic OH excluding ortho intramolecular Hbond substituents is 1. The molecule has 9 atom stereocenters. The first-order chi connectivity index (χ1) is 21.1. The van der Waals surface area contributed by atoms with Gasteiger partial charge in [0.1, 0.15) is 18.8 Å². The molecular weight excluding hydrogens is 586 g/mol. The Bertz CT molecular complexity index is 1550. The molecular formula is C32H37N3O8S. The first kappa shape index (κ1) is 29.3. The summed E-state index contributed by atoms with van der Waals surface area (Å²) < 4.78 is 29.8. The largest absolute Gasteiger partial charge is 0.504 e. The van der Waals surface area contributed by atoms with E-state index >= 15 is 0 Å². The number of fused-ring (bicyclic) bond motifs is 8. The monoisotopic (exact) mass is 623 g/mol. The summed E-state index contributed by atoms with van der Waals surface area (Å²) in [5, 5.41) is 22.3. The van der Waals surface area contributed by atoms with Crippen LogP contribution in [0.2, 0.25) is 0 Å². The molecule has 7 rings (SSSR count). The molecule has 0 amide bonds. The molecule has 0 saturated carbocycles. The van der Waals surface area contributed by atoms with Gasteiger partial charge in [0.05, 0.1) is 31.2 Å². The van der Waals surface area contributed by atoms with E-state index in [2.05, 4.69) is 21.9 Å². The topological polar surface area (TPSA) is 131 Å². The zero-order valence-corrected chi connectivity index (χ0v) is 26.5. The Labute approximate surface area is 260 Å². The summed E-state index contributed by atoms with van der Waals surface area (Å²) in [7, 11) is 3.58. The van der Waals surface area contributed by atoms with Gasteiger partial charge in [-0.15, -0.1) is 0 Å². The maximum atomic E-state index is 13.1. The van der Waals surface area contributed by atoms with E-state index in [9.17, 15) is 20.0 Å². The summed E-state index contributed by atoms with van der Waals surface area (Å²) in [4.78, 5) is 30.1. The quantitative estimate of drug-likeness (QED) is 0.486. The van der Waals surface area contributed by atoms with Crippen LogP contribution in [0, 0.1) is 30.1 Å². The van der Waals surface area contributed by atoms with Gasteiger partial charge in [-0.05, 0) is 38.4 Å². The van der Waals surface area contributed by atoms with Crippen molar-refractivity contribution in [1.82, 2.24) is 9.80 Å². The molecule has 1 aromatic carbocycles. The smallest absolute Gasteiger partial charge is 0.309 e. The lowest BCUT2D eigenvalue weighted by Crippen LogP contribution is -2.75. The molecule has 1 aliphatic carbocycles. The van der Waals surface area contributed by atoms with Gasteiger partial charge < -0.3 is 28.8 Å². The van der Waals surface area contributed by atoms with Crippen molar-refractivity contribution in [3.63, 3.8) is 0 Å². The Hall–Kier alpha value is -3.40. The number of carbonyl (C=O) groups is 2. The molecule has 1 N–H and O–H groups in total. The van der Waals surface area contributed by atoms with E-state index in [-0.39, 0.29) is 60.3 Å². The summed E-state index contributed by atoms with van der Waals surface area (Å²) >= 11 is 1.62. The number of methoxy groups -OCH3 is 1. The fourth-order valence-corrected chi connectivity index (χ4v) is 10.2. The fraction of sp³-hybridized carbons (Fsp3) is 0.594. The van der Waals surface area contributed by atoms with E-state index in [4.69, 9.17) is 23.7 Å². The second-order valence-corrected chi connectivity index (χ2v) is 13.9. The Morgan fingerprint density at radius 3 is 2.68 bits per heavy atom. The van der Waals surface area contributed by atoms with E-state index < -0.39 is 24.2 Å². The predicted molar refractivity (Wildman–Crippen MR) is 158 cm³/mol. The average Bonchev–Trinajstić information content (AvgIpc) is 3.47. The third kappa shape index (κ3) is 4.01. The van der Waals surface area contributed by atoms with Crippen molar-refractivity contribution >= 4 is 23.7 Å². The lowest BCUT2D eigenvalue weighted by Gasteiger charge is -2.64. The maximum Gasteiger partial charge on any atom is 0.309 e. The van der Waals surface area contributed by atoms with E-state index in [1.54, 1.807) is 18.9 Å². The lowest BCUT2D eigenvalue weighted by molar-refractivity contribution is -0.155. The minimum Gasteiger partial charge on any atom is -0.504 e. The number of carbonyl (C=O) groups excluding carboxylic acids is 2. The molecule has 1 aromatic rings. The van der Waals surface area contributed by atoms with Gasteiger partial charge in [-0.2, -0.15) is 17.0 Å². The van der Waals surface area contributed by atoms with Crippen molar-refractivity contribution in [3.8, 4) is 17.6 Å². The molecule has 5 aliphatic heterocycles. The van der Waals surface area contributed by atoms with Crippen LogP contribution in [0.15, 0.2) is 28.7 Å². The number of aromatic hydroxyl groups is 1. The fourth-order valence-electron chi connectivity index (χ4n) is 8.54. The molecule has 234 valence electrons. The highest BCUT2D eigenvalue weighted by molar-refractivity contribution is 8.00. The third-order valence-electron chi connectivity index (χ3n) is 10.3. The van der Waals surface area contributed by atoms with Gasteiger partial charge in [0.25, 0.3) is 0 Å². The average molecular weight is 624 g/mol. The van der Waals surface area contributed by atoms with Gasteiger partial charge in [-0.3, -0.25) is 19.4 Å². The zero-order chi connectivity index (χ0) is 31.2. The van der Waals surface area contributed by atoms with E-state index in [0.29, 0.717) is 29.4 Å². The van der Waals surface area contributed by atoms with Crippen LogP contribution in [-0.4, -0.2) is 95.7 Å². The minimum atomic E-state index is -0.650. The van der Waals surface area contributed by atoms with Crippen molar-refractivity contribution in [3.05, 3.63) is 45.4 Å². The number of nitrogens with zero attached hydrogens (tertiary/aromatic N) is 3. The first-order valence-corrected chi connectivity index (χ1v) is 16.1. The highest BCUT2D eigenvalue weighted by atomic mass is 32.2. The molecule has 5 heterocycles. The van der Waals surface area contributed by atoms with Gasteiger partial charge in [-0.1, -0.05) is 13.0 Å². The Morgan fingerprint density at radius 1 is 1.23 bits per heavy atom. The van der Waals surface area contributed by atoms with E-state index in [1.807, 2.05) is 27.8 Å². The van der Waals surface area contributed by atoms with Gasteiger partial charge in [-0.25, -0.2) is 0 Å². The number of hydrogen-bond acceptors (Lipinski definition) is 12. The summed E-state index contributed by atoms with van der Waals surface area (Å²) in [6.07, 6.45) is -0.0953. The highest BCUT2D eigenvalue weighted by Gasteiger charge is 2.64. The van der Waals surface area contributed by atoms with Crippen molar-refractivity contribution in [2.45, 2.75) is 75.7 Å². The van der Waals surface area contributed by atoms with E-state index in [0.717, 1.165) is 27.8 Å². The molecule has 11 nitrogen and oxygen atoms in total. The van der Waals surface area contributed by atoms with Crippen LogP contribution in [0.3, 0.4) is 0 Å². The number of aryl methyl sites for hydroxylation is 1. The molecule has 44 heavy (non-hydrogen) atoms. The maximum absolute atomic E-state index is 13.1. The Kier molecular flexibility index (Phi) is 7.06. The first-order valence-electron chi connectivity index (χ1n) is 15.0. The van der Waals surface area contributed by atoms with Crippen molar-refractivity contribution < 1.29 is 38.4 Å². The molecule has 4 fully saturated rings. The van der Waals surface area contributed by atoms with Crippen molar-refractivity contribution in [2.24, 2.45) is 11.8 Å². The number of benzene rings is 1. The number of esters is 2. The van der Waals surface area contributed by atoms with Gasteiger partial charge in [0, 0.05) is 52.6 Å². The van der Waals surface area contributed by atoms with Crippen LogP contribution >= 0.6 is 11.8 Å². The summed E-state index contributed by atoms with van der Waals surface area (Å²) in [6, 6.07) is 2.72. The molecule has 0 spiro atoms. The summed E-state index contributed by atoms with van der Waals surface area (Å²) in [5.41, 5.74) is 4.22. The number of thioether (sulfide) groups is 1. The van der Waals surface area contributed by atoms with Crippen LogP contribution in [0.25, 0.3) is 0 Å². The van der Waals surface area contributed by atoms with Gasteiger partial charge in [0.2, 0.25) is 6.79 Å². The number of likely N-dealkylation sites (N-methyl/N-ethyl adjacent to an activating group) is 1. The lowest BCUT2D eigenvalue weighted by atomic mass is 9.66.